The van der Waals surface area contributed by atoms with Crippen molar-refractivity contribution >= 4 is 30.8 Å². The number of esters is 1. The molecule has 1 unspecified atom stereocenters. The van der Waals surface area contributed by atoms with E-state index in [1.165, 1.54) is 7.11 Å². The molecular weight excluding hydrogens is 241 g/mol. The maximum Gasteiger partial charge on any atom is 0.323 e. The van der Waals surface area contributed by atoms with Crippen molar-refractivity contribution in [3.8, 4) is 0 Å². The van der Waals surface area contributed by atoms with Crippen molar-refractivity contribution in [1.29, 1.82) is 0 Å². The average molecular weight is 256 g/mol. The zero-order chi connectivity index (χ0) is 9.84. The summed E-state index contributed by atoms with van der Waals surface area (Å²) in [6, 6.07) is -0.625. The van der Waals surface area contributed by atoms with Gasteiger partial charge in [0.1, 0.15) is 6.04 Å². The Kier molecular flexibility index (Phi) is 8.33. The molecule has 1 aromatic heterocycles. The molecule has 1 aromatic rings. The zero-order valence-electron chi connectivity index (χ0n) is 8.54. The van der Waals surface area contributed by atoms with E-state index in [1.807, 2.05) is 13.2 Å². The van der Waals surface area contributed by atoms with Crippen molar-refractivity contribution in [3.63, 3.8) is 0 Å². The number of nitrogens with two attached hydrogens (primary N) is 1. The van der Waals surface area contributed by atoms with Crippen LogP contribution in [0.25, 0.3) is 0 Å². The van der Waals surface area contributed by atoms with Crippen LogP contribution in [0.3, 0.4) is 0 Å². The lowest BCUT2D eigenvalue weighted by atomic mass is 10.2. The molecule has 88 valence electrons. The van der Waals surface area contributed by atoms with E-state index < -0.39 is 12.0 Å². The Morgan fingerprint density at radius 2 is 2.27 bits per heavy atom. The Morgan fingerprint density at radius 1 is 1.67 bits per heavy atom. The summed E-state index contributed by atoms with van der Waals surface area (Å²) in [6.07, 6.45) is 3.90. The number of carbonyl (C=O) groups excluding carboxylic acids is 1. The SMILES string of the molecule is COC(=O)C(N)Cc1cn(C)cn1.Cl.Cl. The fourth-order valence-corrected chi connectivity index (χ4v) is 1.03. The first kappa shape index (κ1) is 16.6. The summed E-state index contributed by atoms with van der Waals surface area (Å²) in [5.74, 6) is -0.411. The normalized spacial score (nSPS) is 10.9. The lowest BCUT2D eigenvalue weighted by Crippen LogP contribution is -2.33. The largest absolute Gasteiger partial charge is 0.468 e. The highest BCUT2D eigenvalue weighted by molar-refractivity contribution is 5.85. The number of rotatable bonds is 3. The molecule has 0 radical (unpaired) electrons. The number of halogens is 2. The monoisotopic (exact) mass is 255 g/mol. The van der Waals surface area contributed by atoms with Crippen molar-refractivity contribution in [1.82, 2.24) is 9.55 Å². The molecule has 0 fully saturated rings. The highest BCUT2D eigenvalue weighted by atomic mass is 35.5. The minimum atomic E-state index is -0.625. The van der Waals surface area contributed by atoms with Crippen molar-refractivity contribution in [2.75, 3.05) is 7.11 Å². The topological polar surface area (TPSA) is 70.1 Å². The molecule has 0 aliphatic heterocycles. The van der Waals surface area contributed by atoms with Gasteiger partial charge in [0, 0.05) is 19.7 Å². The van der Waals surface area contributed by atoms with Gasteiger partial charge in [-0.05, 0) is 0 Å². The summed E-state index contributed by atoms with van der Waals surface area (Å²) in [5.41, 5.74) is 6.34. The van der Waals surface area contributed by atoms with Crippen LogP contribution < -0.4 is 5.73 Å². The van der Waals surface area contributed by atoms with Crippen LogP contribution in [0, 0.1) is 0 Å². The third-order valence-electron chi connectivity index (χ3n) is 1.69. The molecule has 0 saturated carbocycles. The molecule has 0 spiro atoms. The highest BCUT2D eigenvalue weighted by Gasteiger charge is 2.15. The van der Waals surface area contributed by atoms with Gasteiger partial charge < -0.3 is 15.0 Å². The van der Waals surface area contributed by atoms with Crippen LogP contribution in [-0.4, -0.2) is 28.7 Å². The minimum Gasteiger partial charge on any atom is -0.468 e. The molecule has 0 saturated heterocycles. The second-order valence-electron chi connectivity index (χ2n) is 2.86. The Balaban J connectivity index is 0. The molecule has 0 amide bonds. The maximum atomic E-state index is 10.9. The van der Waals surface area contributed by atoms with E-state index in [1.54, 1.807) is 10.9 Å². The van der Waals surface area contributed by atoms with Crippen molar-refractivity contribution in [2.45, 2.75) is 12.5 Å². The van der Waals surface area contributed by atoms with Gasteiger partial charge in [-0.1, -0.05) is 0 Å². The van der Waals surface area contributed by atoms with E-state index in [2.05, 4.69) is 9.72 Å². The summed E-state index contributed by atoms with van der Waals surface area (Å²) in [5, 5.41) is 0. The molecule has 1 heterocycles. The molecule has 0 aliphatic carbocycles. The molecular formula is C8H15Cl2N3O2. The molecule has 15 heavy (non-hydrogen) atoms. The van der Waals surface area contributed by atoms with E-state index >= 15 is 0 Å². The molecule has 2 N–H and O–H groups in total. The summed E-state index contributed by atoms with van der Waals surface area (Å²) in [4.78, 5) is 15.0. The van der Waals surface area contributed by atoms with Gasteiger partial charge in [0.25, 0.3) is 0 Å². The number of aryl methyl sites for hydroxylation is 1. The van der Waals surface area contributed by atoms with Crippen molar-refractivity contribution in [2.24, 2.45) is 12.8 Å². The first-order valence-electron chi connectivity index (χ1n) is 3.93. The fourth-order valence-electron chi connectivity index (χ4n) is 1.03. The number of imidazole rings is 1. The standard InChI is InChI=1S/C8H13N3O2.2ClH/c1-11-4-6(10-5-11)3-7(9)8(12)13-2;;/h4-5,7H,3,9H2,1-2H3;2*1H. The average Bonchev–Trinajstić information content (AvgIpc) is 2.49. The molecule has 0 bridgehead atoms. The highest BCUT2D eigenvalue weighted by Crippen LogP contribution is 1.99. The second-order valence-corrected chi connectivity index (χ2v) is 2.86. The molecule has 1 rings (SSSR count). The molecule has 1 atom stereocenters. The van der Waals surface area contributed by atoms with Crippen LogP contribution in [0.5, 0.6) is 0 Å². The van der Waals surface area contributed by atoms with Crippen LogP contribution >= 0.6 is 24.8 Å². The number of ether oxygens (including phenoxy) is 1. The van der Waals surface area contributed by atoms with E-state index in [4.69, 9.17) is 5.73 Å². The van der Waals surface area contributed by atoms with Gasteiger partial charge in [-0.25, -0.2) is 4.98 Å². The number of aromatic nitrogens is 2. The first-order valence-corrected chi connectivity index (χ1v) is 3.93. The van der Waals surface area contributed by atoms with E-state index in [9.17, 15) is 4.79 Å². The van der Waals surface area contributed by atoms with Gasteiger partial charge >= 0.3 is 5.97 Å². The third kappa shape index (κ3) is 5.01. The van der Waals surface area contributed by atoms with Crippen LogP contribution in [0.2, 0.25) is 0 Å². The van der Waals surface area contributed by atoms with E-state index in [-0.39, 0.29) is 24.8 Å². The predicted molar refractivity (Wildman–Crippen MR) is 61.4 cm³/mol. The number of hydrogen-bond acceptors (Lipinski definition) is 4. The van der Waals surface area contributed by atoms with Gasteiger partial charge in [0.05, 0.1) is 19.1 Å². The van der Waals surface area contributed by atoms with Gasteiger partial charge in [-0.15, -0.1) is 24.8 Å². The maximum absolute atomic E-state index is 10.9. The van der Waals surface area contributed by atoms with Crippen LogP contribution in [0.4, 0.5) is 0 Å². The quantitative estimate of drug-likeness (QED) is 0.790. The molecule has 0 aromatic carbocycles. The molecule has 5 nitrogen and oxygen atoms in total. The van der Waals surface area contributed by atoms with Crippen molar-refractivity contribution in [3.05, 3.63) is 18.2 Å². The summed E-state index contributed by atoms with van der Waals surface area (Å²) in [6.45, 7) is 0. The zero-order valence-corrected chi connectivity index (χ0v) is 10.2. The van der Waals surface area contributed by atoms with Gasteiger partial charge in [-0.3, -0.25) is 4.79 Å². The minimum absolute atomic E-state index is 0. The Labute approximate surface area is 101 Å². The summed E-state index contributed by atoms with van der Waals surface area (Å²) in [7, 11) is 3.18. The molecule has 7 heteroatoms. The number of hydrogen-bond donors (Lipinski definition) is 1. The molecule has 0 aliphatic rings. The smallest absolute Gasteiger partial charge is 0.323 e. The van der Waals surface area contributed by atoms with Crippen molar-refractivity contribution < 1.29 is 9.53 Å². The number of methoxy groups -OCH3 is 1. The first-order chi connectivity index (χ1) is 6.13. The van der Waals surface area contributed by atoms with Crippen LogP contribution in [0.15, 0.2) is 12.5 Å². The lowest BCUT2D eigenvalue weighted by molar-refractivity contribution is -0.142. The number of nitrogens with zero attached hydrogens (tertiary/aromatic N) is 2. The van der Waals surface area contributed by atoms with Crippen LogP contribution in [0.1, 0.15) is 5.69 Å². The predicted octanol–water partition coefficient (Wildman–Crippen LogP) is 0.306. The van der Waals surface area contributed by atoms with Gasteiger partial charge in [0.15, 0.2) is 0 Å². The van der Waals surface area contributed by atoms with Crippen LogP contribution in [-0.2, 0) is 23.0 Å². The van der Waals surface area contributed by atoms with E-state index in [0.29, 0.717) is 6.42 Å². The Morgan fingerprint density at radius 3 is 2.67 bits per heavy atom. The second kappa shape index (κ2) is 7.50. The Bertz CT molecular complexity index is 304. The summed E-state index contributed by atoms with van der Waals surface area (Å²) < 4.78 is 6.30. The Hall–Kier alpha value is -0.780. The van der Waals surface area contributed by atoms with Gasteiger partial charge in [0.2, 0.25) is 0 Å². The third-order valence-corrected chi connectivity index (χ3v) is 1.69. The number of carbonyl (C=O) groups is 1. The lowest BCUT2D eigenvalue weighted by Gasteiger charge is -2.06. The summed E-state index contributed by atoms with van der Waals surface area (Å²) >= 11 is 0. The van der Waals surface area contributed by atoms with E-state index in [0.717, 1.165) is 5.69 Å². The fraction of sp³-hybridized carbons (Fsp3) is 0.500. The van der Waals surface area contributed by atoms with Gasteiger partial charge in [-0.2, -0.15) is 0 Å².